The molecule has 0 saturated heterocycles. The second-order valence-corrected chi connectivity index (χ2v) is 7.33. The Hall–Kier alpha value is -2.45. The second kappa shape index (κ2) is 6.21. The number of aromatic amines is 1. The monoisotopic (exact) mass is 367 g/mol. The normalized spacial score (nSPS) is 11.6. The van der Waals surface area contributed by atoms with Gasteiger partial charge in [0.1, 0.15) is 11.6 Å². The summed E-state index contributed by atoms with van der Waals surface area (Å²) in [4.78, 5) is 18.5. The van der Waals surface area contributed by atoms with Gasteiger partial charge in [-0.1, -0.05) is 23.7 Å². The molecule has 6 nitrogen and oxygen atoms in total. The summed E-state index contributed by atoms with van der Waals surface area (Å²) in [5.74, 6) is -2.50. The van der Waals surface area contributed by atoms with Crippen molar-refractivity contribution in [2.45, 2.75) is 5.16 Å². The lowest BCUT2D eigenvalue weighted by Crippen LogP contribution is -2.24. The summed E-state index contributed by atoms with van der Waals surface area (Å²) in [6.45, 7) is 0. The Morgan fingerprint density at radius 3 is 2.71 bits per heavy atom. The van der Waals surface area contributed by atoms with E-state index in [2.05, 4.69) is 15.3 Å². The summed E-state index contributed by atoms with van der Waals surface area (Å²) in [7, 11) is -3.99. The van der Waals surface area contributed by atoms with Gasteiger partial charge in [-0.25, -0.2) is 17.8 Å². The van der Waals surface area contributed by atoms with E-state index in [4.69, 9.17) is 11.6 Å². The quantitative estimate of drug-likeness (QED) is 0.741. The molecule has 0 atom stereocenters. The number of benzene rings is 2. The van der Waals surface area contributed by atoms with Crippen LogP contribution in [0.3, 0.4) is 0 Å². The first kappa shape index (κ1) is 16.4. The highest BCUT2D eigenvalue weighted by atomic mass is 35.5. The van der Waals surface area contributed by atoms with E-state index in [1.807, 2.05) is 0 Å². The molecule has 24 heavy (non-hydrogen) atoms. The Bertz CT molecular complexity index is 1000. The summed E-state index contributed by atoms with van der Waals surface area (Å²) < 4.78 is 38.2. The molecule has 3 aromatic rings. The van der Waals surface area contributed by atoms with Crippen LogP contribution < -0.4 is 5.32 Å². The Morgan fingerprint density at radius 2 is 2.00 bits per heavy atom. The highest BCUT2D eigenvalue weighted by molar-refractivity contribution is 7.92. The summed E-state index contributed by atoms with van der Waals surface area (Å²) >= 11 is 5.62. The van der Waals surface area contributed by atoms with Crippen LogP contribution in [0.15, 0.2) is 47.6 Å². The van der Waals surface area contributed by atoms with Crippen LogP contribution >= 0.6 is 11.6 Å². The van der Waals surface area contributed by atoms with Gasteiger partial charge in [0.2, 0.25) is 20.9 Å². The lowest BCUT2D eigenvalue weighted by atomic mass is 10.3. The van der Waals surface area contributed by atoms with Crippen molar-refractivity contribution in [1.82, 2.24) is 9.97 Å². The molecule has 1 amide bonds. The van der Waals surface area contributed by atoms with Crippen LogP contribution in [-0.4, -0.2) is 30.0 Å². The SMILES string of the molecule is O=C(CS(=O)(=O)c1nc2ccccc2[nH]1)Nc1ccc(Cl)cc1F. The van der Waals surface area contributed by atoms with Crippen LogP contribution in [0.2, 0.25) is 5.02 Å². The molecule has 0 spiro atoms. The third-order valence-electron chi connectivity index (χ3n) is 3.19. The number of hydrogen-bond acceptors (Lipinski definition) is 4. The van der Waals surface area contributed by atoms with Crippen LogP contribution in [-0.2, 0) is 14.6 Å². The van der Waals surface area contributed by atoms with Gasteiger partial charge in [-0.05, 0) is 30.3 Å². The van der Waals surface area contributed by atoms with Gasteiger partial charge in [0.05, 0.1) is 16.7 Å². The summed E-state index contributed by atoms with van der Waals surface area (Å²) in [5, 5.41) is 2.06. The zero-order chi connectivity index (χ0) is 17.3. The predicted molar refractivity (Wildman–Crippen MR) is 88.2 cm³/mol. The second-order valence-electron chi connectivity index (χ2n) is 4.99. The molecule has 0 bridgehead atoms. The molecule has 3 rings (SSSR count). The van der Waals surface area contributed by atoms with Gasteiger partial charge in [0.25, 0.3) is 0 Å². The average Bonchev–Trinajstić information content (AvgIpc) is 2.94. The molecular weight excluding hydrogens is 357 g/mol. The number of amides is 1. The number of carbonyl (C=O) groups is 1. The van der Waals surface area contributed by atoms with Crippen molar-refractivity contribution in [3.63, 3.8) is 0 Å². The fraction of sp³-hybridized carbons (Fsp3) is 0.0667. The number of sulfone groups is 1. The molecule has 0 fully saturated rings. The molecule has 1 heterocycles. The smallest absolute Gasteiger partial charge is 0.240 e. The van der Waals surface area contributed by atoms with E-state index in [9.17, 15) is 17.6 Å². The van der Waals surface area contributed by atoms with E-state index in [0.29, 0.717) is 11.0 Å². The van der Waals surface area contributed by atoms with Gasteiger partial charge in [-0.3, -0.25) is 4.79 Å². The predicted octanol–water partition coefficient (Wildman–Crippen LogP) is 2.77. The first-order valence-electron chi connectivity index (χ1n) is 6.77. The van der Waals surface area contributed by atoms with Gasteiger partial charge >= 0.3 is 0 Å². The first-order chi connectivity index (χ1) is 11.3. The molecule has 0 aliphatic carbocycles. The minimum absolute atomic E-state index is 0.149. The third kappa shape index (κ3) is 3.39. The molecule has 9 heteroatoms. The number of carbonyl (C=O) groups excluding carboxylic acids is 1. The van der Waals surface area contributed by atoms with E-state index < -0.39 is 27.3 Å². The molecule has 0 saturated carbocycles. The zero-order valence-corrected chi connectivity index (χ0v) is 13.7. The molecule has 2 aromatic carbocycles. The molecule has 0 radical (unpaired) electrons. The van der Waals surface area contributed by atoms with Crippen molar-refractivity contribution in [3.05, 3.63) is 53.3 Å². The summed E-state index contributed by atoms with van der Waals surface area (Å²) in [5.41, 5.74) is 0.865. The van der Waals surface area contributed by atoms with Crippen LogP contribution in [0.4, 0.5) is 10.1 Å². The van der Waals surface area contributed by atoms with Gasteiger partial charge in [-0.2, -0.15) is 0 Å². The number of nitrogens with zero attached hydrogens (tertiary/aromatic N) is 1. The van der Waals surface area contributed by atoms with E-state index in [1.165, 1.54) is 12.1 Å². The summed E-state index contributed by atoms with van der Waals surface area (Å²) in [6, 6.07) is 10.4. The fourth-order valence-corrected chi connectivity index (χ4v) is 3.31. The van der Waals surface area contributed by atoms with Gasteiger partial charge < -0.3 is 10.3 Å². The minimum atomic E-state index is -3.99. The number of para-hydroxylation sites is 2. The van der Waals surface area contributed by atoms with E-state index in [-0.39, 0.29) is 15.9 Å². The molecular formula is C15H11ClFN3O3S. The highest BCUT2D eigenvalue weighted by Crippen LogP contribution is 2.19. The zero-order valence-electron chi connectivity index (χ0n) is 12.1. The highest BCUT2D eigenvalue weighted by Gasteiger charge is 2.23. The lowest BCUT2D eigenvalue weighted by Gasteiger charge is -2.06. The number of hydrogen-bond donors (Lipinski definition) is 2. The van der Waals surface area contributed by atoms with Crippen LogP contribution in [0.25, 0.3) is 11.0 Å². The minimum Gasteiger partial charge on any atom is -0.329 e. The van der Waals surface area contributed by atoms with Crippen LogP contribution in [0, 0.1) is 5.82 Å². The Kier molecular flexibility index (Phi) is 4.25. The first-order valence-corrected chi connectivity index (χ1v) is 8.80. The van der Waals surface area contributed by atoms with Gasteiger partial charge in [0, 0.05) is 5.02 Å². The Balaban J connectivity index is 1.79. The van der Waals surface area contributed by atoms with E-state index in [0.717, 1.165) is 6.07 Å². The van der Waals surface area contributed by atoms with Crippen molar-refractivity contribution in [1.29, 1.82) is 0 Å². The van der Waals surface area contributed by atoms with Crippen molar-refractivity contribution < 1.29 is 17.6 Å². The Labute approximate surface area is 141 Å². The van der Waals surface area contributed by atoms with Crippen molar-refractivity contribution in [3.8, 4) is 0 Å². The number of rotatable bonds is 4. The molecule has 1 aromatic heterocycles. The maximum absolute atomic E-state index is 13.6. The van der Waals surface area contributed by atoms with Gasteiger partial charge in [-0.15, -0.1) is 0 Å². The Morgan fingerprint density at radius 1 is 1.25 bits per heavy atom. The number of aromatic nitrogens is 2. The largest absolute Gasteiger partial charge is 0.329 e. The number of halogens is 2. The molecule has 0 aliphatic rings. The topological polar surface area (TPSA) is 91.9 Å². The van der Waals surface area contributed by atoms with E-state index in [1.54, 1.807) is 24.3 Å². The number of H-pyrrole nitrogens is 1. The number of nitrogens with one attached hydrogen (secondary N) is 2. The number of anilines is 1. The molecule has 0 unspecified atom stereocenters. The van der Waals surface area contributed by atoms with Crippen LogP contribution in [0.1, 0.15) is 0 Å². The summed E-state index contributed by atoms with van der Waals surface area (Å²) in [6.07, 6.45) is 0. The standard InChI is InChI=1S/C15H11ClFN3O3S/c16-9-5-6-11(10(17)7-9)18-14(21)8-24(22,23)15-19-12-3-1-2-4-13(12)20-15/h1-7H,8H2,(H,18,21)(H,19,20). The maximum atomic E-state index is 13.6. The van der Waals surface area contributed by atoms with Crippen LogP contribution in [0.5, 0.6) is 0 Å². The fourth-order valence-electron chi connectivity index (χ4n) is 2.09. The third-order valence-corrected chi connectivity index (χ3v) is 4.85. The number of fused-ring (bicyclic) bond motifs is 1. The molecule has 0 aliphatic heterocycles. The number of imidazole rings is 1. The molecule has 2 N–H and O–H groups in total. The van der Waals surface area contributed by atoms with Gasteiger partial charge in [0.15, 0.2) is 0 Å². The lowest BCUT2D eigenvalue weighted by molar-refractivity contribution is -0.113. The average molecular weight is 368 g/mol. The van der Waals surface area contributed by atoms with Crippen molar-refractivity contribution in [2.75, 3.05) is 11.1 Å². The molecule has 124 valence electrons. The van der Waals surface area contributed by atoms with E-state index >= 15 is 0 Å². The maximum Gasteiger partial charge on any atom is 0.240 e. The van der Waals surface area contributed by atoms with Crippen molar-refractivity contribution >= 4 is 44.1 Å². The van der Waals surface area contributed by atoms with Crippen molar-refractivity contribution in [2.24, 2.45) is 0 Å².